The minimum absolute atomic E-state index is 0.239. The third-order valence-corrected chi connectivity index (χ3v) is 7.24. The number of unbranched alkanes of at least 4 members (excludes halogenated alkanes) is 3. The number of para-hydroxylation sites is 1. The monoisotopic (exact) mass is 530 g/mol. The predicted molar refractivity (Wildman–Crippen MR) is 159 cm³/mol. The number of aromatic nitrogens is 4. The first kappa shape index (κ1) is 28.4. The van der Waals surface area contributed by atoms with E-state index in [4.69, 9.17) is 10.7 Å². The molecule has 0 aliphatic heterocycles. The van der Waals surface area contributed by atoms with E-state index >= 15 is 0 Å². The van der Waals surface area contributed by atoms with Gasteiger partial charge in [-0.25, -0.2) is 9.78 Å². The van der Waals surface area contributed by atoms with Gasteiger partial charge in [0.1, 0.15) is 5.82 Å². The summed E-state index contributed by atoms with van der Waals surface area (Å²) in [5.41, 5.74) is 9.79. The summed E-state index contributed by atoms with van der Waals surface area (Å²) in [5, 5.41) is 3.36. The van der Waals surface area contributed by atoms with E-state index in [1.165, 1.54) is 10.1 Å². The van der Waals surface area contributed by atoms with Crippen molar-refractivity contribution in [2.24, 2.45) is 0 Å². The third kappa shape index (κ3) is 6.87. The second-order valence-electron chi connectivity index (χ2n) is 10.1. The van der Waals surface area contributed by atoms with Crippen LogP contribution in [0.1, 0.15) is 62.9 Å². The number of rotatable bonds is 15. The summed E-state index contributed by atoms with van der Waals surface area (Å²) in [6.45, 7) is 7.19. The average molecular weight is 531 g/mol. The van der Waals surface area contributed by atoms with E-state index in [2.05, 4.69) is 30.4 Å². The molecule has 0 fully saturated rings. The number of anilines is 1. The number of imidazole rings is 1. The largest absolute Gasteiger partial charge is 0.399 e. The first-order valence-electron chi connectivity index (χ1n) is 14.4. The molecule has 0 saturated heterocycles. The second kappa shape index (κ2) is 13.9. The van der Waals surface area contributed by atoms with Crippen molar-refractivity contribution in [2.45, 2.75) is 78.4 Å². The van der Waals surface area contributed by atoms with E-state index in [0.29, 0.717) is 43.6 Å². The van der Waals surface area contributed by atoms with Gasteiger partial charge in [0.05, 0.1) is 0 Å². The Hall–Kier alpha value is -3.65. The first-order chi connectivity index (χ1) is 19.0. The van der Waals surface area contributed by atoms with Crippen molar-refractivity contribution in [3.63, 3.8) is 0 Å². The van der Waals surface area contributed by atoms with Gasteiger partial charge in [0.25, 0.3) is 5.56 Å². The zero-order valence-electron chi connectivity index (χ0n) is 23.4. The highest BCUT2D eigenvalue weighted by atomic mass is 16.2. The molecule has 39 heavy (non-hydrogen) atoms. The molecule has 2 aromatic heterocycles. The van der Waals surface area contributed by atoms with Crippen molar-refractivity contribution in [3.05, 3.63) is 92.4 Å². The molecule has 0 saturated carbocycles. The third-order valence-electron chi connectivity index (χ3n) is 7.24. The molecule has 208 valence electrons. The molecule has 4 rings (SSSR count). The van der Waals surface area contributed by atoms with E-state index in [1.54, 1.807) is 4.57 Å². The zero-order chi connectivity index (χ0) is 27.6. The quantitative estimate of drug-likeness (QED) is 0.176. The maximum absolute atomic E-state index is 13.6. The second-order valence-corrected chi connectivity index (χ2v) is 10.1. The fraction of sp³-hybridized carbons (Fsp3) is 0.452. The Morgan fingerprint density at radius 1 is 0.821 bits per heavy atom. The summed E-state index contributed by atoms with van der Waals surface area (Å²) in [6.07, 6.45) is 6.22. The van der Waals surface area contributed by atoms with Crippen LogP contribution in [0.25, 0.3) is 11.2 Å². The molecule has 0 radical (unpaired) electrons. The predicted octanol–water partition coefficient (Wildman–Crippen LogP) is 4.36. The summed E-state index contributed by atoms with van der Waals surface area (Å²) in [5.74, 6) is 0.814. The molecule has 0 amide bonds. The molecule has 8 nitrogen and oxygen atoms in total. The number of hydrogen-bond donors (Lipinski definition) is 2. The number of nitrogen functional groups attached to an aromatic ring is 1. The van der Waals surface area contributed by atoms with E-state index in [-0.39, 0.29) is 11.2 Å². The van der Waals surface area contributed by atoms with Crippen molar-refractivity contribution in [3.8, 4) is 0 Å². The molecule has 0 aliphatic carbocycles. The van der Waals surface area contributed by atoms with Crippen LogP contribution in [0.3, 0.4) is 0 Å². The highest BCUT2D eigenvalue weighted by molar-refractivity contribution is 5.71. The Balaban J connectivity index is 1.61. The number of nitrogens with zero attached hydrogens (tertiary/aromatic N) is 4. The van der Waals surface area contributed by atoms with E-state index in [9.17, 15) is 9.59 Å². The Morgan fingerprint density at radius 2 is 1.56 bits per heavy atom. The molecule has 0 aliphatic rings. The SMILES string of the molecule is CCCn1c(=O)c2c(nc(Cc3ccccc3)n2CCNCC)n(CCCCCCc2ccccc2N)c1=O. The smallest absolute Gasteiger partial charge is 0.332 e. The topological polar surface area (TPSA) is 99.9 Å². The summed E-state index contributed by atoms with van der Waals surface area (Å²) < 4.78 is 5.16. The van der Waals surface area contributed by atoms with Crippen LogP contribution in [-0.4, -0.2) is 31.8 Å². The molecule has 4 aromatic rings. The van der Waals surface area contributed by atoms with Crippen LogP contribution in [0.4, 0.5) is 5.69 Å². The van der Waals surface area contributed by atoms with Gasteiger partial charge in [0.2, 0.25) is 0 Å². The normalized spacial score (nSPS) is 11.4. The molecule has 0 unspecified atom stereocenters. The highest BCUT2D eigenvalue weighted by Crippen LogP contribution is 2.18. The van der Waals surface area contributed by atoms with Crippen molar-refractivity contribution in [2.75, 3.05) is 18.8 Å². The molecule has 2 heterocycles. The van der Waals surface area contributed by atoms with E-state index in [1.807, 2.05) is 47.9 Å². The van der Waals surface area contributed by atoms with Crippen molar-refractivity contribution >= 4 is 16.9 Å². The molecular formula is C31H42N6O2. The van der Waals surface area contributed by atoms with Gasteiger partial charge in [-0.15, -0.1) is 0 Å². The Morgan fingerprint density at radius 3 is 2.31 bits per heavy atom. The van der Waals surface area contributed by atoms with Crippen molar-refractivity contribution < 1.29 is 0 Å². The molecule has 2 aromatic carbocycles. The molecular weight excluding hydrogens is 488 g/mol. The maximum Gasteiger partial charge on any atom is 0.332 e. The fourth-order valence-corrected chi connectivity index (χ4v) is 5.18. The maximum atomic E-state index is 13.6. The minimum atomic E-state index is -0.256. The molecule has 3 N–H and O–H groups in total. The summed E-state index contributed by atoms with van der Waals surface area (Å²) >= 11 is 0. The average Bonchev–Trinajstić information content (AvgIpc) is 3.29. The number of aryl methyl sites for hydroxylation is 2. The lowest BCUT2D eigenvalue weighted by molar-refractivity contribution is 0.523. The van der Waals surface area contributed by atoms with Gasteiger partial charge in [-0.05, 0) is 49.4 Å². The van der Waals surface area contributed by atoms with Gasteiger partial charge in [-0.2, -0.15) is 0 Å². The number of nitrogens with one attached hydrogen (secondary N) is 1. The molecule has 0 spiro atoms. The van der Waals surface area contributed by atoms with Crippen LogP contribution in [0.15, 0.2) is 64.2 Å². The van der Waals surface area contributed by atoms with Gasteiger partial charge < -0.3 is 15.6 Å². The zero-order valence-corrected chi connectivity index (χ0v) is 23.4. The Labute approximate surface area is 230 Å². The van der Waals surface area contributed by atoms with E-state index < -0.39 is 0 Å². The van der Waals surface area contributed by atoms with E-state index in [0.717, 1.165) is 62.3 Å². The Bertz CT molecular complexity index is 1470. The summed E-state index contributed by atoms with van der Waals surface area (Å²) in [7, 11) is 0. The number of fused-ring (bicyclic) bond motifs is 1. The lowest BCUT2D eigenvalue weighted by Crippen LogP contribution is -2.40. The Kier molecular flexibility index (Phi) is 10.1. The standard InChI is InChI=1S/C31H42N6O2/c1-3-20-37-30(38)28-29(34-27(35(28)22-19-33-4-2)23-24-14-8-7-9-15-24)36(31(37)39)21-13-6-5-10-16-25-17-11-12-18-26(25)32/h7-9,11-12,14-15,17-18,33H,3-6,10,13,16,19-23,32H2,1-2H3. The van der Waals surface area contributed by atoms with Crippen LogP contribution >= 0.6 is 0 Å². The summed E-state index contributed by atoms with van der Waals surface area (Å²) in [6, 6.07) is 18.2. The minimum Gasteiger partial charge on any atom is -0.399 e. The summed E-state index contributed by atoms with van der Waals surface area (Å²) in [4.78, 5) is 32.1. The lowest BCUT2D eigenvalue weighted by Gasteiger charge is -2.13. The van der Waals surface area contributed by atoms with Crippen LogP contribution in [0, 0.1) is 0 Å². The van der Waals surface area contributed by atoms with Gasteiger partial charge in [0, 0.05) is 38.3 Å². The van der Waals surface area contributed by atoms with Crippen LogP contribution in [-0.2, 0) is 32.5 Å². The van der Waals surface area contributed by atoms with Gasteiger partial charge in [-0.1, -0.05) is 75.2 Å². The number of likely N-dealkylation sites (N-methyl/N-ethyl adjacent to an activating group) is 1. The fourth-order valence-electron chi connectivity index (χ4n) is 5.18. The van der Waals surface area contributed by atoms with Crippen LogP contribution < -0.4 is 22.3 Å². The van der Waals surface area contributed by atoms with Gasteiger partial charge in [-0.3, -0.25) is 13.9 Å². The van der Waals surface area contributed by atoms with Gasteiger partial charge >= 0.3 is 5.69 Å². The number of hydrogen-bond acceptors (Lipinski definition) is 5. The van der Waals surface area contributed by atoms with Gasteiger partial charge in [0.15, 0.2) is 11.2 Å². The van der Waals surface area contributed by atoms with Crippen LogP contribution in [0.2, 0.25) is 0 Å². The van der Waals surface area contributed by atoms with Crippen molar-refractivity contribution in [1.82, 2.24) is 24.0 Å². The highest BCUT2D eigenvalue weighted by Gasteiger charge is 2.21. The number of benzene rings is 2. The first-order valence-corrected chi connectivity index (χ1v) is 14.4. The molecule has 0 atom stereocenters. The number of nitrogens with two attached hydrogens (primary N) is 1. The van der Waals surface area contributed by atoms with Crippen LogP contribution in [0.5, 0.6) is 0 Å². The van der Waals surface area contributed by atoms with Crippen molar-refractivity contribution in [1.29, 1.82) is 0 Å². The lowest BCUT2D eigenvalue weighted by atomic mass is 10.0. The molecule has 0 bridgehead atoms. The molecule has 8 heteroatoms.